The molecule has 0 bridgehead atoms. The molecule has 1 aliphatic heterocycles. The zero-order chi connectivity index (χ0) is 13.8. The van der Waals surface area contributed by atoms with Gasteiger partial charge in [0.05, 0.1) is 12.1 Å². The van der Waals surface area contributed by atoms with Crippen LogP contribution in [0.25, 0.3) is 0 Å². The predicted molar refractivity (Wildman–Crippen MR) is 80.7 cm³/mol. The highest BCUT2D eigenvalue weighted by atomic mass is 79.9. The Morgan fingerprint density at radius 1 is 1.58 bits per heavy atom. The van der Waals surface area contributed by atoms with Crippen molar-refractivity contribution in [1.29, 1.82) is 0 Å². The molecular formula is C15H21BrN2O. The van der Waals surface area contributed by atoms with Gasteiger partial charge in [0.1, 0.15) is 0 Å². The Labute approximate surface area is 123 Å². The van der Waals surface area contributed by atoms with E-state index in [-0.39, 0.29) is 18.0 Å². The fourth-order valence-electron chi connectivity index (χ4n) is 2.74. The van der Waals surface area contributed by atoms with Crippen molar-refractivity contribution in [2.24, 2.45) is 5.73 Å². The van der Waals surface area contributed by atoms with Gasteiger partial charge < -0.3 is 10.6 Å². The van der Waals surface area contributed by atoms with E-state index in [4.69, 9.17) is 5.73 Å². The lowest BCUT2D eigenvalue weighted by Gasteiger charge is -2.27. The zero-order valence-electron chi connectivity index (χ0n) is 11.3. The van der Waals surface area contributed by atoms with Crippen molar-refractivity contribution < 1.29 is 4.79 Å². The topological polar surface area (TPSA) is 46.3 Å². The van der Waals surface area contributed by atoms with Gasteiger partial charge in [-0.15, -0.1) is 0 Å². The third kappa shape index (κ3) is 3.37. The summed E-state index contributed by atoms with van der Waals surface area (Å²) in [6.45, 7) is 2.89. The van der Waals surface area contributed by atoms with Crippen LogP contribution in [0.4, 0.5) is 0 Å². The van der Waals surface area contributed by atoms with Crippen LogP contribution in [-0.2, 0) is 4.79 Å². The summed E-state index contributed by atoms with van der Waals surface area (Å²) in [5.41, 5.74) is 7.18. The van der Waals surface area contributed by atoms with Crippen LogP contribution in [-0.4, -0.2) is 23.4 Å². The largest absolute Gasteiger partial charge is 0.334 e. The monoisotopic (exact) mass is 324 g/mol. The summed E-state index contributed by atoms with van der Waals surface area (Å²) in [7, 11) is 0. The van der Waals surface area contributed by atoms with E-state index in [9.17, 15) is 4.79 Å². The van der Waals surface area contributed by atoms with Gasteiger partial charge in [0, 0.05) is 11.0 Å². The number of carbonyl (C=O) groups is 1. The summed E-state index contributed by atoms with van der Waals surface area (Å²) in [5, 5.41) is 0. The van der Waals surface area contributed by atoms with Crippen molar-refractivity contribution in [1.82, 2.24) is 4.90 Å². The fraction of sp³-hybridized carbons (Fsp3) is 0.533. The van der Waals surface area contributed by atoms with Gasteiger partial charge in [0.15, 0.2) is 0 Å². The van der Waals surface area contributed by atoms with Crippen molar-refractivity contribution >= 4 is 21.8 Å². The van der Waals surface area contributed by atoms with Crippen LogP contribution < -0.4 is 5.73 Å². The second kappa shape index (κ2) is 6.53. The number of hydrogen-bond donors (Lipinski definition) is 1. The van der Waals surface area contributed by atoms with Gasteiger partial charge in [0.2, 0.25) is 5.91 Å². The van der Waals surface area contributed by atoms with Gasteiger partial charge in [-0.25, -0.2) is 0 Å². The van der Waals surface area contributed by atoms with Crippen LogP contribution in [0.15, 0.2) is 28.7 Å². The first kappa shape index (κ1) is 14.5. The van der Waals surface area contributed by atoms with Crippen LogP contribution in [0.3, 0.4) is 0 Å². The Bertz CT molecular complexity index is 450. The molecular weight excluding hydrogens is 304 g/mol. The van der Waals surface area contributed by atoms with Crippen molar-refractivity contribution in [3.8, 4) is 0 Å². The molecule has 1 saturated heterocycles. The molecule has 1 fully saturated rings. The van der Waals surface area contributed by atoms with Crippen molar-refractivity contribution in [2.45, 2.75) is 44.7 Å². The molecule has 3 nitrogen and oxygen atoms in total. The molecule has 0 spiro atoms. The van der Waals surface area contributed by atoms with E-state index >= 15 is 0 Å². The maximum atomic E-state index is 12.4. The lowest BCUT2D eigenvalue weighted by atomic mass is 10.0. The quantitative estimate of drug-likeness (QED) is 0.924. The highest BCUT2D eigenvalue weighted by Gasteiger charge is 2.32. The average Bonchev–Trinajstić information content (AvgIpc) is 2.87. The highest BCUT2D eigenvalue weighted by molar-refractivity contribution is 9.10. The minimum atomic E-state index is -0.349. The van der Waals surface area contributed by atoms with E-state index in [2.05, 4.69) is 35.0 Å². The first-order valence-corrected chi connectivity index (χ1v) is 7.74. The molecule has 1 aliphatic rings. The van der Waals surface area contributed by atoms with Gasteiger partial charge in [0.25, 0.3) is 0 Å². The Kier molecular flexibility index (Phi) is 4.99. The maximum Gasteiger partial charge on any atom is 0.239 e. The molecule has 104 valence electrons. The number of nitrogens with zero attached hydrogens (tertiary/aromatic N) is 1. The third-order valence-corrected chi connectivity index (χ3v) is 4.18. The van der Waals surface area contributed by atoms with Crippen LogP contribution in [0.1, 0.15) is 44.2 Å². The Morgan fingerprint density at radius 3 is 3.05 bits per heavy atom. The standard InChI is InChI=1S/C15H21BrN2O/c1-2-5-13(17)15(19)18-9-4-8-14(18)11-6-3-7-12(16)10-11/h3,6-7,10,13-14H,2,4-5,8-9,17H2,1H3/t13-,14?/m1/s1. The summed E-state index contributed by atoms with van der Waals surface area (Å²) in [6, 6.07) is 8.05. The van der Waals surface area contributed by atoms with E-state index in [0.29, 0.717) is 0 Å². The summed E-state index contributed by atoms with van der Waals surface area (Å²) >= 11 is 3.49. The van der Waals surface area contributed by atoms with E-state index in [1.807, 2.05) is 17.0 Å². The van der Waals surface area contributed by atoms with Gasteiger partial charge in [-0.2, -0.15) is 0 Å². The first-order valence-electron chi connectivity index (χ1n) is 6.95. The van der Waals surface area contributed by atoms with Crippen LogP contribution in [0.5, 0.6) is 0 Å². The summed E-state index contributed by atoms with van der Waals surface area (Å²) < 4.78 is 1.06. The van der Waals surface area contributed by atoms with Crippen LogP contribution in [0, 0.1) is 0 Å². The SMILES string of the molecule is CCC[C@@H](N)C(=O)N1CCCC1c1cccc(Br)c1. The second-order valence-corrected chi connectivity index (χ2v) is 6.06. The lowest BCUT2D eigenvalue weighted by molar-refractivity contribution is -0.133. The van der Waals surface area contributed by atoms with E-state index in [0.717, 1.165) is 36.7 Å². The second-order valence-electron chi connectivity index (χ2n) is 5.14. The number of amides is 1. The summed E-state index contributed by atoms with van der Waals surface area (Å²) in [6.07, 6.45) is 3.80. The van der Waals surface area contributed by atoms with Gasteiger partial charge in [-0.05, 0) is 37.0 Å². The number of carbonyl (C=O) groups excluding carboxylic acids is 1. The predicted octanol–water partition coefficient (Wildman–Crippen LogP) is 3.24. The van der Waals surface area contributed by atoms with Crippen molar-refractivity contribution in [2.75, 3.05) is 6.54 Å². The molecule has 1 aromatic carbocycles. The molecule has 2 rings (SSSR count). The minimum Gasteiger partial charge on any atom is -0.334 e. The van der Waals surface area contributed by atoms with Crippen LogP contribution >= 0.6 is 15.9 Å². The molecule has 1 unspecified atom stereocenters. The normalized spacial score (nSPS) is 20.6. The summed E-state index contributed by atoms with van der Waals surface area (Å²) in [5.74, 6) is 0.101. The molecule has 19 heavy (non-hydrogen) atoms. The molecule has 4 heteroatoms. The van der Waals surface area contributed by atoms with Crippen molar-refractivity contribution in [3.63, 3.8) is 0 Å². The third-order valence-electron chi connectivity index (χ3n) is 3.69. The molecule has 1 heterocycles. The average molecular weight is 325 g/mol. The molecule has 2 atom stereocenters. The van der Waals surface area contributed by atoms with Gasteiger partial charge in [-0.1, -0.05) is 41.4 Å². The number of likely N-dealkylation sites (tertiary alicyclic amines) is 1. The number of hydrogen-bond acceptors (Lipinski definition) is 2. The first-order chi connectivity index (χ1) is 9.13. The molecule has 1 amide bonds. The maximum absolute atomic E-state index is 12.4. The zero-order valence-corrected chi connectivity index (χ0v) is 12.9. The Morgan fingerprint density at radius 2 is 2.37 bits per heavy atom. The van der Waals surface area contributed by atoms with Crippen LogP contribution in [0.2, 0.25) is 0 Å². The smallest absolute Gasteiger partial charge is 0.239 e. The van der Waals surface area contributed by atoms with Gasteiger partial charge in [-0.3, -0.25) is 4.79 Å². The molecule has 0 radical (unpaired) electrons. The number of halogens is 1. The number of rotatable bonds is 4. The van der Waals surface area contributed by atoms with E-state index in [1.165, 1.54) is 5.56 Å². The molecule has 1 aromatic rings. The van der Waals surface area contributed by atoms with Crippen molar-refractivity contribution in [3.05, 3.63) is 34.3 Å². The number of nitrogens with two attached hydrogens (primary N) is 1. The number of benzene rings is 1. The fourth-order valence-corrected chi connectivity index (χ4v) is 3.16. The molecule has 0 aliphatic carbocycles. The molecule has 0 saturated carbocycles. The lowest BCUT2D eigenvalue weighted by Crippen LogP contribution is -2.43. The Hall–Kier alpha value is -0.870. The molecule has 0 aromatic heterocycles. The van der Waals surface area contributed by atoms with E-state index in [1.54, 1.807) is 0 Å². The summed E-state index contributed by atoms with van der Waals surface area (Å²) in [4.78, 5) is 14.4. The highest BCUT2D eigenvalue weighted by Crippen LogP contribution is 2.33. The van der Waals surface area contributed by atoms with Gasteiger partial charge >= 0.3 is 0 Å². The Balaban J connectivity index is 2.15. The molecule has 2 N–H and O–H groups in total. The minimum absolute atomic E-state index is 0.101. The van der Waals surface area contributed by atoms with E-state index < -0.39 is 0 Å².